The minimum absolute atomic E-state index is 0.827. The lowest BCUT2D eigenvalue weighted by atomic mass is 9.77. The first-order valence-corrected chi connectivity index (χ1v) is 7.06. The van der Waals surface area contributed by atoms with E-state index in [1.807, 2.05) is 0 Å². The third-order valence-electron chi connectivity index (χ3n) is 5.27. The van der Waals surface area contributed by atoms with Gasteiger partial charge in [0.1, 0.15) is 0 Å². The molecule has 0 aromatic heterocycles. The SMILES string of the molecule is CCC1CCC2(CC1)CC2CNC1CC1. The predicted octanol–water partition coefficient (Wildman–Crippen LogP) is 3.34. The molecule has 1 N–H and O–H groups in total. The van der Waals surface area contributed by atoms with Crippen LogP contribution in [0.5, 0.6) is 0 Å². The highest BCUT2D eigenvalue weighted by atomic mass is 15.0. The van der Waals surface area contributed by atoms with E-state index in [4.69, 9.17) is 0 Å². The summed E-state index contributed by atoms with van der Waals surface area (Å²) in [5.74, 6) is 2.11. The maximum absolute atomic E-state index is 3.72. The highest BCUT2D eigenvalue weighted by Gasteiger charge is 2.54. The molecule has 0 aliphatic heterocycles. The third-order valence-corrected chi connectivity index (χ3v) is 5.27. The van der Waals surface area contributed by atoms with E-state index < -0.39 is 0 Å². The third kappa shape index (κ3) is 2.08. The van der Waals surface area contributed by atoms with Crippen molar-refractivity contribution in [2.24, 2.45) is 17.3 Å². The van der Waals surface area contributed by atoms with Gasteiger partial charge in [-0.05, 0) is 68.7 Å². The average molecular weight is 207 g/mol. The van der Waals surface area contributed by atoms with Crippen LogP contribution in [0.25, 0.3) is 0 Å². The van der Waals surface area contributed by atoms with Crippen LogP contribution < -0.4 is 5.32 Å². The highest BCUT2D eigenvalue weighted by molar-refractivity contribution is 5.05. The smallest absolute Gasteiger partial charge is 0.00683 e. The van der Waals surface area contributed by atoms with Crippen LogP contribution in [0.4, 0.5) is 0 Å². The van der Waals surface area contributed by atoms with Crippen molar-refractivity contribution in [1.82, 2.24) is 5.32 Å². The van der Waals surface area contributed by atoms with Crippen LogP contribution >= 0.6 is 0 Å². The van der Waals surface area contributed by atoms with Crippen LogP contribution in [0.3, 0.4) is 0 Å². The highest BCUT2D eigenvalue weighted by Crippen LogP contribution is 2.62. The van der Waals surface area contributed by atoms with Crippen molar-refractivity contribution in [3.63, 3.8) is 0 Å². The molecule has 0 aromatic carbocycles. The standard InChI is InChI=1S/C14H25N/c1-2-11-5-7-14(8-6-11)9-12(14)10-15-13-3-4-13/h11-13,15H,2-10H2,1H3. The number of hydrogen-bond donors (Lipinski definition) is 1. The summed E-state index contributed by atoms with van der Waals surface area (Å²) in [5.41, 5.74) is 0.827. The van der Waals surface area contributed by atoms with Gasteiger partial charge in [-0.1, -0.05) is 13.3 Å². The minimum Gasteiger partial charge on any atom is -0.314 e. The molecule has 3 saturated carbocycles. The molecule has 3 aliphatic carbocycles. The van der Waals surface area contributed by atoms with Gasteiger partial charge in [-0.2, -0.15) is 0 Å². The average Bonchev–Trinajstić information content (AvgIpc) is 3.14. The van der Waals surface area contributed by atoms with Crippen molar-refractivity contribution in [3.05, 3.63) is 0 Å². The lowest BCUT2D eigenvalue weighted by molar-refractivity contribution is 0.233. The monoisotopic (exact) mass is 207 g/mol. The van der Waals surface area contributed by atoms with Gasteiger partial charge in [0.2, 0.25) is 0 Å². The fraction of sp³-hybridized carbons (Fsp3) is 1.00. The maximum atomic E-state index is 3.72. The second kappa shape index (κ2) is 3.76. The maximum Gasteiger partial charge on any atom is 0.00683 e. The van der Waals surface area contributed by atoms with Crippen LogP contribution in [0.1, 0.15) is 58.3 Å². The van der Waals surface area contributed by atoms with Crippen molar-refractivity contribution < 1.29 is 0 Å². The summed E-state index contributed by atoms with van der Waals surface area (Å²) in [5, 5.41) is 3.72. The van der Waals surface area contributed by atoms with Gasteiger partial charge in [0.25, 0.3) is 0 Å². The van der Waals surface area contributed by atoms with Gasteiger partial charge in [0.15, 0.2) is 0 Å². The first-order valence-electron chi connectivity index (χ1n) is 7.06. The largest absolute Gasteiger partial charge is 0.314 e. The molecule has 86 valence electrons. The van der Waals surface area contributed by atoms with Gasteiger partial charge in [0, 0.05) is 6.04 Å². The van der Waals surface area contributed by atoms with Crippen molar-refractivity contribution in [2.75, 3.05) is 6.54 Å². The molecule has 1 atom stereocenters. The zero-order valence-electron chi connectivity index (χ0n) is 10.1. The zero-order valence-corrected chi connectivity index (χ0v) is 10.1. The molecule has 0 radical (unpaired) electrons. The summed E-state index contributed by atoms with van der Waals surface area (Å²) < 4.78 is 0. The van der Waals surface area contributed by atoms with Gasteiger partial charge in [0.05, 0.1) is 0 Å². The summed E-state index contributed by atoms with van der Waals surface area (Å²) in [7, 11) is 0. The lowest BCUT2D eigenvalue weighted by Gasteiger charge is -2.29. The fourth-order valence-electron chi connectivity index (χ4n) is 3.59. The normalized spacial score (nSPS) is 44.6. The molecule has 3 aliphatic rings. The molecule has 1 heteroatoms. The summed E-state index contributed by atoms with van der Waals surface area (Å²) >= 11 is 0. The van der Waals surface area contributed by atoms with E-state index in [-0.39, 0.29) is 0 Å². The number of hydrogen-bond acceptors (Lipinski definition) is 1. The quantitative estimate of drug-likeness (QED) is 0.745. The van der Waals surface area contributed by atoms with Gasteiger partial charge in [-0.3, -0.25) is 0 Å². The minimum atomic E-state index is 0.827. The molecular weight excluding hydrogens is 182 g/mol. The van der Waals surface area contributed by atoms with Crippen LogP contribution in [0.15, 0.2) is 0 Å². The molecule has 0 heterocycles. The second-order valence-corrected chi connectivity index (χ2v) is 6.30. The first-order chi connectivity index (χ1) is 7.32. The Labute approximate surface area is 94.0 Å². The van der Waals surface area contributed by atoms with Crippen LogP contribution in [-0.4, -0.2) is 12.6 Å². The van der Waals surface area contributed by atoms with Crippen LogP contribution in [0.2, 0.25) is 0 Å². The van der Waals surface area contributed by atoms with E-state index in [0.29, 0.717) is 0 Å². The molecule has 3 rings (SSSR count). The fourth-order valence-corrected chi connectivity index (χ4v) is 3.59. The first kappa shape index (κ1) is 10.1. The lowest BCUT2D eigenvalue weighted by Crippen LogP contribution is -2.24. The molecule has 15 heavy (non-hydrogen) atoms. The predicted molar refractivity (Wildman–Crippen MR) is 63.8 cm³/mol. The van der Waals surface area contributed by atoms with Crippen molar-refractivity contribution >= 4 is 0 Å². The summed E-state index contributed by atoms with van der Waals surface area (Å²) in [6.07, 6.45) is 12.0. The molecule has 0 saturated heterocycles. The zero-order chi connectivity index (χ0) is 10.3. The molecule has 0 amide bonds. The summed E-state index contributed by atoms with van der Waals surface area (Å²) in [4.78, 5) is 0. The summed E-state index contributed by atoms with van der Waals surface area (Å²) in [6, 6.07) is 0.912. The van der Waals surface area contributed by atoms with E-state index in [1.165, 1.54) is 38.6 Å². The molecule has 3 fully saturated rings. The topological polar surface area (TPSA) is 12.0 Å². The number of rotatable bonds is 4. The van der Waals surface area contributed by atoms with E-state index in [2.05, 4.69) is 12.2 Å². The van der Waals surface area contributed by atoms with Crippen molar-refractivity contribution in [3.8, 4) is 0 Å². The van der Waals surface area contributed by atoms with Crippen molar-refractivity contribution in [1.29, 1.82) is 0 Å². The Morgan fingerprint density at radius 1 is 1.13 bits per heavy atom. The van der Waals surface area contributed by atoms with Crippen LogP contribution in [0, 0.1) is 17.3 Å². The Hall–Kier alpha value is -0.0400. The Kier molecular flexibility index (Phi) is 2.54. The Balaban J connectivity index is 1.43. The molecule has 1 spiro atoms. The Bertz CT molecular complexity index is 223. The van der Waals surface area contributed by atoms with Gasteiger partial charge in [-0.15, -0.1) is 0 Å². The van der Waals surface area contributed by atoms with Gasteiger partial charge >= 0.3 is 0 Å². The Morgan fingerprint density at radius 3 is 2.47 bits per heavy atom. The van der Waals surface area contributed by atoms with Crippen LogP contribution in [-0.2, 0) is 0 Å². The second-order valence-electron chi connectivity index (χ2n) is 6.30. The van der Waals surface area contributed by atoms with Gasteiger partial charge < -0.3 is 5.32 Å². The summed E-state index contributed by atoms with van der Waals surface area (Å²) in [6.45, 7) is 3.70. The van der Waals surface area contributed by atoms with Crippen molar-refractivity contribution in [2.45, 2.75) is 64.3 Å². The number of nitrogens with one attached hydrogen (secondary N) is 1. The van der Waals surface area contributed by atoms with E-state index >= 15 is 0 Å². The van der Waals surface area contributed by atoms with E-state index in [1.54, 1.807) is 19.3 Å². The molecule has 0 bridgehead atoms. The van der Waals surface area contributed by atoms with E-state index in [0.717, 1.165) is 23.3 Å². The Morgan fingerprint density at radius 2 is 1.87 bits per heavy atom. The van der Waals surface area contributed by atoms with E-state index in [9.17, 15) is 0 Å². The molecular formula is C14H25N. The molecule has 1 nitrogen and oxygen atoms in total. The molecule has 0 aromatic rings. The molecule has 1 unspecified atom stereocenters. The van der Waals surface area contributed by atoms with Gasteiger partial charge in [-0.25, -0.2) is 0 Å².